The van der Waals surface area contributed by atoms with Crippen molar-refractivity contribution in [1.29, 1.82) is 0 Å². The molecule has 18 heavy (non-hydrogen) atoms. The van der Waals surface area contributed by atoms with E-state index in [1.807, 2.05) is 12.1 Å². The van der Waals surface area contributed by atoms with Crippen molar-refractivity contribution < 1.29 is 4.42 Å². The summed E-state index contributed by atoms with van der Waals surface area (Å²) in [6.07, 6.45) is 0. The molecule has 0 aliphatic rings. The van der Waals surface area contributed by atoms with E-state index in [1.165, 1.54) is 11.1 Å². The zero-order valence-corrected chi connectivity index (χ0v) is 13.7. The quantitative estimate of drug-likeness (QED) is 0.759. The fraction of sp³-hybridized carbons (Fsp3) is 0.286. The average molecular weight is 373 g/mol. The van der Waals surface area contributed by atoms with Gasteiger partial charge in [-0.15, -0.1) is 0 Å². The van der Waals surface area contributed by atoms with Crippen molar-refractivity contribution in [1.82, 2.24) is 0 Å². The molecule has 0 radical (unpaired) electrons. The predicted molar refractivity (Wildman–Crippen MR) is 82.1 cm³/mol. The Hall–Kier alpha value is -0.740. The summed E-state index contributed by atoms with van der Waals surface area (Å²) >= 11 is 6.92. The molecule has 0 saturated carbocycles. The predicted octanol–water partition coefficient (Wildman–Crippen LogP) is 5.59. The highest BCUT2D eigenvalue weighted by atomic mass is 79.9. The van der Waals surface area contributed by atoms with Crippen molar-refractivity contribution in [2.24, 2.45) is 0 Å². The van der Waals surface area contributed by atoms with Crippen LogP contribution in [0.15, 0.2) is 37.8 Å². The third kappa shape index (κ3) is 2.98. The highest BCUT2D eigenvalue weighted by Gasteiger charge is 2.13. The second-order valence-electron chi connectivity index (χ2n) is 4.45. The minimum absolute atomic E-state index is 0.119. The Balaban J connectivity index is 2.24. The maximum atomic E-state index is 5.56. The standard InChI is InChI=1S/C14H15Br2NO/c1-8-6-9(2)14(11(15)7-8)17-10(3)12-4-5-13(16)18-12/h4-7,10,17H,1-3H3. The number of nitrogens with one attached hydrogen (secondary N) is 1. The Bertz CT molecular complexity index is 540. The van der Waals surface area contributed by atoms with Gasteiger partial charge >= 0.3 is 0 Å². The first-order valence-electron chi connectivity index (χ1n) is 5.76. The maximum absolute atomic E-state index is 5.56. The van der Waals surface area contributed by atoms with Crippen molar-refractivity contribution in [3.05, 3.63) is 50.3 Å². The molecule has 0 amide bonds. The average Bonchev–Trinajstić information content (AvgIpc) is 2.70. The van der Waals surface area contributed by atoms with Crippen LogP contribution in [0.3, 0.4) is 0 Å². The van der Waals surface area contributed by atoms with E-state index in [9.17, 15) is 0 Å². The highest BCUT2D eigenvalue weighted by molar-refractivity contribution is 9.10. The molecule has 0 fully saturated rings. The van der Waals surface area contributed by atoms with Crippen LogP contribution in [0.4, 0.5) is 5.69 Å². The fourth-order valence-corrected chi connectivity index (χ4v) is 3.05. The zero-order valence-electron chi connectivity index (χ0n) is 10.6. The van der Waals surface area contributed by atoms with Gasteiger partial charge in [-0.2, -0.15) is 0 Å². The van der Waals surface area contributed by atoms with Gasteiger partial charge in [0.25, 0.3) is 0 Å². The van der Waals surface area contributed by atoms with Crippen molar-refractivity contribution in [3.8, 4) is 0 Å². The maximum Gasteiger partial charge on any atom is 0.169 e. The Morgan fingerprint density at radius 3 is 2.44 bits per heavy atom. The molecular formula is C14H15Br2NO. The van der Waals surface area contributed by atoms with Gasteiger partial charge in [0.05, 0.1) is 11.7 Å². The largest absolute Gasteiger partial charge is 0.452 e. The summed E-state index contributed by atoms with van der Waals surface area (Å²) in [7, 11) is 0. The van der Waals surface area contributed by atoms with E-state index in [-0.39, 0.29) is 6.04 Å². The summed E-state index contributed by atoms with van der Waals surface area (Å²) < 4.78 is 7.40. The van der Waals surface area contributed by atoms with Gasteiger partial charge in [-0.05, 0) is 82.0 Å². The Labute approximate surface area is 124 Å². The van der Waals surface area contributed by atoms with Crippen LogP contribution < -0.4 is 5.32 Å². The van der Waals surface area contributed by atoms with E-state index in [2.05, 4.69) is 70.1 Å². The number of furan rings is 1. The number of anilines is 1. The van der Waals surface area contributed by atoms with E-state index in [4.69, 9.17) is 4.42 Å². The minimum atomic E-state index is 0.119. The van der Waals surface area contributed by atoms with Crippen LogP contribution in [-0.2, 0) is 0 Å². The Morgan fingerprint density at radius 2 is 1.89 bits per heavy atom. The van der Waals surface area contributed by atoms with Gasteiger partial charge in [-0.3, -0.25) is 0 Å². The zero-order chi connectivity index (χ0) is 13.3. The molecule has 0 bridgehead atoms. The minimum Gasteiger partial charge on any atom is -0.452 e. The molecule has 1 aromatic heterocycles. The fourth-order valence-electron chi connectivity index (χ4n) is 1.95. The molecule has 0 spiro atoms. The van der Waals surface area contributed by atoms with Crippen molar-refractivity contribution in [2.75, 3.05) is 5.32 Å². The van der Waals surface area contributed by atoms with Crippen molar-refractivity contribution in [3.63, 3.8) is 0 Å². The second kappa shape index (κ2) is 5.49. The number of halogens is 2. The molecule has 4 heteroatoms. The Kier molecular flexibility index (Phi) is 4.17. The van der Waals surface area contributed by atoms with Gasteiger partial charge in [0.1, 0.15) is 5.76 Å². The monoisotopic (exact) mass is 371 g/mol. The van der Waals surface area contributed by atoms with Gasteiger partial charge in [0.2, 0.25) is 0 Å². The Morgan fingerprint density at radius 1 is 1.17 bits per heavy atom. The van der Waals surface area contributed by atoms with E-state index < -0.39 is 0 Å². The van der Waals surface area contributed by atoms with Crippen LogP contribution in [0.25, 0.3) is 0 Å². The number of hydrogen-bond acceptors (Lipinski definition) is 2. The molecule has 1 aromatic carbocycles. The third-order valence-corrected chi connectivity index (χ3v) is 3.86. The molecule has 96 valence electrons. The number of benzene rings is 1. The van der Waals surface area contributed by atoms with E-state index in [0.717, 1.165) is 20.6 Å². The first-order valence-corrected chi connectivity index (χ1v) is 7.34. The normalized spacial score (nSPS) is 12.5. The molecule has 1 atom stereocenters. The summed E-state index contributed by atoms with van der Waals surface area (Å²) in [6, 6.07) is 8.27. The number of hydrogen-bond donors (Lipinski definition) is 1. The first kappa shape index (κ1) is 13.7. The van der Waals surface area contributed by atoms with E-state index >= 15 is 0 Å². The van der Waals surface area contributed by atoms with Crippen molar-refractivity contribution in [2.45, 2.75) is 26.8 Å². The second-order valence-corrected chi connectivity index (χ2v) is 6.08. The summed E-state index contributed by atoms with van der Waals surface area (Å²) in [4.78, 5) is 0. The third-order valence-electron chi connectivity index (χ3n) is 2.81. The van der Waals surface area contributed by atoms with E-state index in [1.54, 1.807) is 0 Å². The highest BCUT2D eigenvalue weighted by Crippen LogP contribution is 2.31. The molecular weight excluding hydrogens is 358 g/mol. The molecule has 1 N–H and O–H groups in total. The molecule has 2 nitrogen and oxygen atoms in total. The topological polar surface area (TPSA) is 25.2 Å². The molecule has 0 saturated heterocycles. The van der Waals surface area contributed by atoms with Gasteiger partial charge in [0.15, 0.2) is 4.67 Å². The molecule has 0 aliphatic heterocycles. The van der Waals surface area contributed by atoms with E-state index in [0.29, 0.717) is 0 Å². The number of rotatable bonds is 3. The van der Waals surface area contributed by atoms with Gasteiger partial charge < -0.3 is 9.73 Å². The lowest BCUT2D eigenvalue weighted by atomic mass is 10.1. The van der Waals surface area contributed by atoms with Gasteiger partial charge in [-0.25, -0.2) is 0 Å². The molecule has 1 heterocycles. The van der Waals surface area contributed by atoms with Crippen LogP contribution in [0.2, 0.25) is 0 Å². The summed E-state index contributed by atoms with van der Waals surface area (Å²) in [6.45, 7) is 6.27. The van der Waals surface area contributed by atoms with Crippen LogP contribution in [0, 0.1) is 13.8 Å². The number of aryl methyl sites for hydroxylation is 2. The lowest BCUT2D eigenvalue weighted by molar-refractivity contribution is 0.471. The summed E-state index contributed by atoms with van der Waals surface area (Å²) in [5, 5.41) is 3.47. The summed E-state index contributed by atoms with van der Waals surface area (Å²) in [5.74, 6) is 0.911. The summed E-state index contributed by atoms with van der Waals surface area (Å²) in [5.41, 5.74) is 3.58. The molecule has 0 aliphatic carbocycles. The molecule has 2 rings (SSSR count). The lowest BCUT2D eigenvalue weighted by Crippen LogP contribution is -2.07. The van der Waals surface area contributed by atoms with Crippen LogP contribution >= 0.6 is 31.9 Å². The van der Waals surface area contributed by atoms with Crippen LogP contribution in [0.5, 0.6) is 0 Å². The molecule has 1 unspecified atom stereocenters. The molecule has 2 aromatic rings. The van der Waals surface area contributed by atoms with Crippen LogP contribution in [-0.4, -0.2) is 0 Å². The van der Waals surface area contributed by atoms with Gasteiger partial charge in [0, 0.05) is 4.47 Å². The van der Waals surface area contributed by atoms with Crippen molar-refractivity contribution >= 4 is 37.5 Å². The van der Waals surface area contributed by atoms with Crippen LogP contribution in [0.1, 0.15) is 29.9 Å². The SMILES string of the molecule is Cc1cc(C)c(NC(C)c2ccc(Br)o2)c(Br)c1. The smallest absolute Gasteiger partial charge is 0.169 e. The lowest BCUT2D eigenvalue weighted by Gasteiger charge is -2.17. The first-order chi connectivity index (χ1) is 8.47. The van der Waals surface area contributed by atoms with Gasteiger partial charge in [-0.1, -0.05) is 6.07 Å².